The second-order valence-electron chi connectivity index (χ2n) is 4.67. The van der Waals surface area contributed by atoms with E-state index in [0.29, 0.717) is 0 Å². The van der Waals surface area contributed by atoms with Gasteiger partial charge in [0.25, 0.3) is 0 Å². The van der Waals surface area contributed by atoms with Gasteiger partial charge in [-0.25, -0.2) is 4.98 Å². The molecule has 1 aromatic heterocycles. The van der Waals surface area contributed by atoms with Gasteiger partial charge in [0.2, 0.25) is 0 Å². The van der Waals surface area contributed by atoms with Crippen molar-refractivity contribution in [3.63, 3.8) is 0 Å². The van der Waals surface area contributed by atoms with E-state index in [-0.39, 0.29) is 30.6 Å². The normalized spacial score (nSPS) is 13.0. The van der Waals surface area contributed by atoms with Gasteiger partial charge in [0.15, 0.2) is 0 Å². The SMILES string of the molecule is Cl.Cl.N=C(N)c1ccc(-c2nc3c(s2)NCCCC3)cc1. The highest BCUT2D eigenvalue weighted by Gasteiger charge is 2.14. The van der Waals surface area contributed by atoms with Crippen LogP contribution in [0.15, 0.2) is 24.3 Å². The molecule has 1 aliphatic rings. The Morgan fingerprint density at radius 3 is 2.57 bits per heavy atom. The summed E-state index contributed by atoms with van der Waals surface area (Å²) in [5, 5.41) is 13.1. The van der Waals surface area contributed by atoms with Gasteiger partial charge in [0, 0.05) is 17.7 Å². The molecular formula is C14H18Cl2N4S. The zero-order valence-corrected chi connectivity index (χ0v) is 13.8. The molecular weight excluding hydrogens is 327 g/mol. The molecule has 0 fully saturated rings. The van der Waals surface area contributed by atoms with E-state index >= 15 is 0 Å². The first-order chi connectivity index (χ1) is 9.24. The minimum Gasteiger partial charge on any atom is -0.384 e. The summed E-state index contributed by atoms with van der Waals surface area (Å²) >= 11 is 1.71. The first-order valence-corrected chi connectivity index (χ1v) is 7.24. The second kappa shape index (κ2) is 7.64. The number of nitrogens with one attached hydrogen (secondary N) is 2. The molecule has 0 bridgehead atoms. The molecule has 2 aromatic rings. The van der Waals surface area contributed by atoms with Gasteiger partial charge < -0.3 is 11.1 Å². The number of nitrogens with zero attached hydrogens (tertiary/aromatic N) is 1. The van der Waals surface area contributed by atoms with Crippen LogP contribution in [0.25, 0.3) is 10.6 Å². The zero-order chi connectivity index (χ0) is 13.2. The lowest BCUT2D eigenvalue weighted by Gasteiger charge is -2.00. The van der Waals surface area contributed by atoms with Gasteiger partial charge >= 0.3 is 0 Å². The van der Waals surface area contributed by atoms with Crippen LogP contribution in [0.3, 0.4) is 0 Å². The molecule has 0 unspecified atom stereocenters. The average Bonchev–Trinajstić information content (AvgIpc) is 2.70. The van der Waals surface area contributed by atoms with Crippen molar-refractivity contribution in [2.75, 3.05) is 11.9 Å². The molecule has 21 heavy (non-hydrogen) atoms. The fraction of sp³-hybridized carbons (Fsp3) is 0.286. The van der Waals surface area contributed by atoms with Crippen LogP contribution in [0.1, 0.15) is 24.1 Å². The summed E-state index contributed by atoms with van der Waals surface area (Å²) in [5.74, 6) is 0.100. The van der Waals surface area contributed by atoms with E-state index in [1.165, 1.54) is 23.5 Å². The van der Waals surface area contributed by atoms with E-state index in [9.17, 15) is 0 Å². The Balaban J connectivity index is 0.00000110. The number of nitrogen functional groups attached to an aromatic ring is 1. The van der Waals surface area contributed by atoms with E-state index in [2.05, 4.69) is 5.32 Å². The van der Waals surface area contributed by atoms with Crippen LogP contribution in [-0.2, 0) is 6.42 Å². The zero-order valence-electron chi connectivity index (χ0n) is 11.4. The van der Waals surface area contributed by atoms with E-state index in [1.807, 2.05) is 24.3 Å². The van der Waals surface area contributed by atoms with Crippen molar-refractivity contribution in [2.24, 2.45) is 5.73 Å². The molecule has 4 nitrogen and oxygen atoms in total. The van der Waals surface area contributed by atoms with Gasteiger partial charge in [-0.1, -0.05) is 35.6 Å². The van der Waals surface area contributed by atoms with Crippen molar-refractivity contribution in [3.05, 3.63) is 35.5 Å². The van der Waals surface area contributed by atoms with Crippen molar-refractivity contribution >= 4 is 47.0 Å². The highest BCUT2D eigenvalue weighted by molar-refractivity contribution is 7.19. The maximum atomic E-state index is 7.40. The molecule has 0 radical (unpaired) electrons. The third-order valence-electron chi connectivity index (χ3n) is 3.27. The summed E-state index contributed by atoms with van der Waals surface area (Å²) in [4.78, 5) is 4.73. The standard InChI is InChI=1S/C14H16N4S.2ClH/c15-12(16)9-4-6-10(7-5-9)13-18-11-3-1-2-8-17-14(11)19-13;;/h4-7,17H,1-3,8H2,(H3,15,16);2*1H. The van der Waals surface area contributed by atoms with Crippen LogP contribution in [0.4, 0.5) is 5.00 Å². The Morgan fingerprint density at radius 2 is 1.90 bits per heavy atom. The minimum absolute atomic E-state index is 0. The molecule has 0 saturated heterocycles. The summed E-state index contributed by atoms with van der Waals surface area (Å²) in [6.07, 6.45) is 3.47. The van der Waals surface area contributed by atoms with Crippen molar-refractivity contribution in [1.82, 2.24) is 4.98 Å². The molecule has 0 aliphatic carbocycles. The number of halogens is 2. The van der Waals surface area contributed by atoms with Crippen LogP contribution < -0.4 is 11.1 Å². The fourth-order valence-corrected chi connectivity index (χ4v) is 3.24. The molecule has 0 saturated carbocycles. The molecule has 114 valence electrons. The first-order valence-electron chi connectivity index (χ1n) is 6.42. The van der Waals surface area contributed by atoms with Crippen LogP contribution in [0, 0.1) is 5.41 Å². The number of nitrogens with two attached hydrogens (primary N) is 1. The summed E-state index contributed by atoms with van der Waals surface area (Å²) in [6, 6.07) is 7.71. The Hall–Kier alpha value is -1.30. The molecule has 7 heteroatoms. The number of amidine groups is 1. The van der Waals surface area contributed by atoms with Crippen LogP contribution in [0.5, 0.6) is 0 Å². The molecule has 3 rings (SSSR count). The number of aryl methyl sites for hydroxylation is 1. The smallest absolute Gasteiger partial charge is 0.125 e. The third-order valence-corrected chi connectivity index (χ3v) is 4.37. The Kier molecular flexibility index (Phi) is 6.45. The number of fused-ring (bicyclic) bond motifs is 1. The lowest BCUT2D eigenvalue weighted by molar-refractivity contribution is 0.775. The van der Waals surface area contributed by atoms with Crippen molar-refractivity contribution in [1.29, 1.82) is 5.41 Å². The number of aromatic nitrogens is 1. The monoisotopic (exact) mass is 344 g/mol. The van der Waals surface area contributed by atoms with Crippen molar-refractivity contribution < 1.29 is 0 Å². The largest absolute Gasteiger partial charge is 0.384 e. The number of hydrogen-bond acceptors (Lipinski definition) is 4. The van der Waals surface area contributed by atoms with Crippen LogP contribution in [0.2, 0.25) is 0 Å². The van der Waals surface area contributed by atoms with Gasteiger partial charge in [0.05, 0.1) is 5.69 Å². The predicted molar refractivity (Wildman–Crippen MR) is 94.5 cm³/mol. The number of rotatable bonds is 2. The molecule has 0 amide bonds. The maximum Gasteiger partial charge on any atom is 0.125 e. The molecule has 1 aromatic carbocycles. The van der Waals surface area contributed by atoms with Gasteiger partial charge in [0.1, 0.15) is 15.8 Å². The Labute approximate surface area is 140 Å². The van der Waals surface area contributed by atoms with E-state index in [1.54, 1.807) is 11.3 Å². The van der Waals surface area contributed by atoms with Gasteiger partial charge in [-0.3, -0.25) is 5.41 Å². The topological polar surface area (TPSA) is 74.8 Å². The first kappa shape index (κ1) is 17.8. The number of thiazole rings is 1. The average molecular weight is 345 g/mol. The maximum absolute atomic E-state index is 7.40. The van der Waals surface area contributed by atoms with E-state index < -0.39 is 0 Å². The van der Waals surface area contributed by atoms with Crippen LogP contribution >= 0.6 is 36.2 Å². The number of benzene rings is 1. The molecule has 0 spiro atoms. The highest BCUT2D eigenvalue weighted by atomic mass is 35.5. The Morgan fingerprint density at radius 1 is 1.19 bits per heavy atom. The summed E-state index contributed by atoms with van der Waals surface area (Å²) in [5.41, 5.74) is 8.49. The lowest BCUT2D eigenvalue weighted by atomic mass is 10.1. The molecule has 4 N–H and O–H groups in total. The summed E-state index contributed by atoms with van der Waals surface area (Å²) in [6.45, 7) is 1.04. The minimum atomic E-state index is 0. The van der Waals surface area contributed by atoms with Gasteiger partial charge in [-0.2, -0.15) is 0 Å². The van der Waals surface area contributed by atoms with E-state index in [0.717, 1.165) is 29.1 Å². The second-order valence-corrected chi connectivity index (χ2v) is 5.67. The third kappa shape index (κ3) is 3.87. The van der Waals surface area contributed by atoms with Gasteiger partial charge in [-0.15, -0.1) is 24.8 Å². The number of hydrogen-bond donors (Lipinski definition) is 3. The highest BCUT2D eigenvalue weighted by Crippen LogP contribution is 2.34. The molecule has 1 aliphatic heterocycles. The van der Waals surface area contributed by atoms with Gasteiger partial charge in [-0.05, 0) is 19.3 Å². The van der Waals surface area contributed by atoms with Crippen LogP contribution in [-0.4, -0.2) is 17.4 Å². The summed E-state index contributed by atoms with van der Waals surface area (Å²) in [7, 11) is 0. The lowest BCUT2D eigenvalue weighted by Crippen LogP contribution is -2.10. The number of anilines is 1. The summed E-state index contributed by atoms with van der Waals surface area (Å²) < 4.78 is 0. The molecule has 2 heterocycles. The fourth-order valence-electron chi connectivity index (χ4n) is 2.19. The van der Waals surface area contributed by atoms with Crippen molar-refractivity contribution in [3.8, 4) is 10.6 Å². The Bertz CT molecular complexity index is 586. The predicted octanol–water partition coefficient (Wildman–Crippen LogP) is 3.69. The van der Waals surface area contributed by atoms with Crippen molar-refractivity contribution in [2.45, 2.75) is 19.3 Å². The quantitative estimate of drug-likeness (QED) is 0.574. The molecule has 0 atom stereocenters. The van der Waals surface area contributed by atoms with E-state index in [4.69, 9.17) is 16.1 Å².